The molecule has 8 heteroatoms. The van der Waals surface area contributed by atoms with E-state index in [0.717, 1.165) is 12.0 Å². The molecule has 2 atom stereocenters. The Hall–Kier alpha value is -3.68. The van der Waals surface area contributed by atoms with Crippen molar-refractivity contribution in [2.45, 2.75) is 65.1 Å². The lowest BCUT2D eigenvalue weighted by Crippen LogP contribution is -2.50. The molecule has 2 unspecified atom stereocenters. The van der Waals surface area contributed by atoms with E-state index in [0.29, 0.717) is 29.7 Å². The summed E-state index contributed by atoms with van der Waals surface area (Å²) in [7, 11) is 1.58. The molecule has 0 fully saturated rings. The summed E-state index contributed by atoms with van der Waals surface area (Å²) in [5, 5.41) is 2.99. The lowest BCUT2D eigenvalue weighted by atomic mass is 10.1. The van der Waals surface area contributed by atoms with Crippen LogP contribution in [0.3, 0.4) is 0 Å². The molecule has 4 amide bonds. The lowest BCUT2D eigenvalue weighted by molar-refractivity contribution is -0.141. The van der Waals surface area contributed by atoms with E-state index in [-0.39, 0.29) is 49.2 Å². The highest BCUT2D eigenvalue weighted by Crippen LogP contribution is 2.23. The molecule has 0 bridgehead atoms. The number of carbonyl (C=O) groups is 4. The summed E-state index contributed by atoms with van der Waals surface area (Å²) in [5.74, 6) is -0.405. The van der Waals surface area contributed by atoms with Crippen LogP contribution in [0.5, 0.6) is 5.75 Å². The number of fused-ring (bicyclic) bond motifs is 1. The van der Waals surface area contributed by atoms with E-state index in [1.54, 1.807) is 36.3 Å². The van der Waals surface area contributed by atoms with Crippen molar-refractivity contribution in [3.63, 3.8) is 0 Å². The van der Waals surface area contributed by atoms with Gasteiger partial charge in [-0.25, -0.2) is 0 Å². The van der Waals surface area contributed by atoms with Crippen molar-refractivity contribution in [1.82, 2.24) is 15.1 Å². The molecule has 0 radical (unpaired) electrons. The van der Waals surface area contributed by atoms with Crippen molar-refractivity contribution in [3.05, 3.63) is 65.2 Å². The Balaban J connectivity index is 1.73. The molecule has 36 heavy (non-hydrogen) atoms. The topological polar surface area (TPSA) is 96.0 Å². The summed E-state index contributed by atoms with van der Waals surface area (Å²) in [6.07, 6.45) is 1.65. The molecule has 0 aromatic heterocycles. The Bertz CT molecular complexity index is 1080. The normalized spacial score (nSPS) is 14.3. The van der Waals surface area contributed by atoms with Gasteiger partial charge < -0.3 is 15.0 Å². The van der Waals surface area contributed by atoms with Gasteiger partial charge in [-0.1, -0.05) is 38.1 Å². The highest BCUT2D eigenvalue weighted by molar-refractivity contribution is 6.21. The predicted octanol–water partition coefficient (Wildman–Crippen LogP) is 3.79. The molecule has 0 spiro atoms. The van der Waals surface area contributed by atoms with Crippen LogP contribution in [0.4, 0.5) is 0 Å². The zero-order valence-electron chi connectivity index (χ0n) is 21.5. The Labute approximate surface area is 212 Å². The van der Waals surface area contributed by atoms with Crippen molar-refractivity contribution < 1.29 is 23.9 Å². The summed E-state index contributed by atoms with van der Waals surface area (Å²) < 4.78 is 5.31. The van der Waals surface area contributed by atoms with Crippen molar-refractivity contribution in [1.29, 1.82) is 0 Å². The SMILES string of the molecule is CCC(C)NC(=O)C(CC)N(Cc1cccc(OC)c1)C(=O)CCCN1C(=O)c2ccccc2C1=O. The molecule has 1 aliphatic rings. The van der Waals surface area contributed by atoms with Gasteiger partial charge in [0.2, 0.25) is 11.8 Å². The molecule has 3 rings (SSSR count). The number of methoxy groups -OCH3 is 1. The lowest BCUT2D eigenvalue weighted by Gasteiger charge is -2.31. The van der Waals surface area contributed by atoms with Crippen LogP contribution in [-0.4, -0.2) is 59.2 Å². The molecule has 1 N–H and O–H groups in total. The van der Waals surface area contributed by atoms with E-state index in [1.165, 1.54) is 4.90 Å². The van der Waals surface area contributed by atoms with Crippen LogP contribution < -0.4 is 10.1 Å². The van der Waals surface area contributed by atoms with Crippen molar-refractivity contribution >= 4 is 23.6 Å². The third-order valence-electron chi connectivity index (χ3n) is 6.52. The number of ether oxygens (including phenoxy) is 1. The number of hydrogen-bond donors (Lipinski definition) is 1. The van der Waals surface area contributed by atoms with Gasteiger partial charge >= 0.3 is 0 Å². The summed E-state index contributed by atoms with van der Waals surface area (Å²) in [4.78, 5) is 54.6. The average Bonchev–Trinajstić information content (AvgIpc) is 3.13. The van der Waals surface area contributed by atoms with E-state index >= 15 is 0 Å². The average molecular weight is 494 g/mol. The molecular weight excluding hydrogens is 458 g/mol. The van der Waals surface area contributed by atoms with Crippen molar-refractivity contribution in [3.8, 4) is 5.75 Å². The number of benzene rings is 2. The van der Waals surface area contributed by atoms with E-state index in [2.05, 4.69) is 5.32 Å². The van der Waals surface area contributed by atoms with E-state index < -0.39 is 6.04 Å². The fourth-order valence-corrected chi connectivity index (χ4v) is 4.30. The number of hydrogen-bond acceptors (Lipinski definition) is 5. The van der Waals surface area contributed by atoms with Crippen LogP contribution in [0.15, 0.2) is 48.5 Å². The summed E-state index contributed by atoms with van der Waals surface area (Å²) in [6.45, 7) is 6.19. The zero-order valence-corrected chi connectivity index (χ0v) is 21.5. The second-order valence-electron chi connectivity index (χ2n) is 9.03. The first-order chi connectivity index (χ1) is 17.3. The smallest absolute Gasteiger partial charge is 0.261 e. The maximum atomic E-state index is 13.4. The van der Waals surface area contributed by atoms with Crippen LogP contribution in [0.2, 0.25) is 0 Å². The van der Waals surface area contributed by atoms with Gasteiger partial charge in [-0.15, -0.1) is 0 Å². The zero-order chi connectivity index (χ0) is 26.2. The van der Waals surface area contributed by atoms with E-state index in [4.69, 9.17) is 4.74 Å². The van der Waals surface area contributed by atoms with Gasteiger partial charge in [-0.2, -0.15) is 0 Å². The molecule has 1 aliphatic heterocycles. The Morgan fingerprint density at radius 3 is 2.25 bits per heavy atom. The third-order valence-corrected chi connectivity index (χ3v) is 6.52. The van der Waals surface area contributed by atoms with Gasteiger partial charge in [0.1, 0.15) is 11.8 Å². The summed E-state index contributed by atoms with van der Waals surface area (Å²) in [5.41, 5.74) is 1.63. The van der Waals surface area contributed by atoms with Crippen LogP contribution in [0, 0.1) is 0 Å². The highest BCUT2D eigenvalue weighted by Gasteiger charge is 2.35. The maximum Gasteiger partial charge on any atom is 0.261 e. The van der Waals surface area contributed by atoms with Gasteiger partial charge in [0.05, 0.1) is 18.2 Å². The van der Waals surface area contributed by atoms with Crippen LogP contribution in [0.1, 0.15) is 72.7 Å². The Morgan fingerprint density at radius 2 is 1.67 bits per heavy atom. The fourth-order valence-electron chi connectivity index (χ4n) is 4.30. The van der Waals surface area contributed by atoms with Crippen LogP contribution in [-0.2, 0) is 16.1 Å². The van der Waals surface area contributed by atoms with Crippen LogP contribution >= 0.6 is 0 Å². The van der Waals surface area contributed by atoms with Gasteiger partial charge in [-0.3, -0.25) is 24.1 Å². The molecule has 8 nitrogen and oxygen atoms in total. The number of rotatable bonds is 12. The monoisotopic (exact) mass is 493 g/mol. The number of nitrogens with one attached hydrogen (secondary N) is 1. The molecule has 2 aromatic rings. The minimum Gasteiger partial charge on any atom is -0.497 e. The number of amides is 4. The third kappa shape index (κ3) is 6.11. The molecule has 0 saturated heterocycles. The molecular formula is C28H35N3O5. The molecule has 0 saturated carbocycles. The van der Waals surface area contributed by atoms with E-state index in [1.807, 2.05) is 45.0 Å². The second kappa shape index (κ2) is 12.3. The fraction of sp³-hybridized carbons (Fsp3) is 0.429. The quantitative estimate of drug-likeness (QED) is 0.454. The molecule has 0 aliphatic carbocycles. The van der Waals surface area contributed by atoms with Gasteiger partial charge in [-0.05, 0) is 56.0 Å². The minimum absolute atomic E-state index is 0.00542. The summed E-state index contributed by atoms with van der Waals surface area (Å²) in [6, 6.07) is 13.5. The first kappa shape index (κ1) is 26.9. The van der Waals surface area contributed by atoms with Gasteiger partial charge in [0.15, 0.2) is 0 Å². The number of imide groups is 1. The van der Waals surface area contributed by atoms with Gasteiger partial charge in [0, 0.05) is 25.6 Å². The Morgan fingerprint density at radius 1 is 1.00 bits per heavy atom. The van der Waals surface area contributed by atoms with Crippen molar-refractivity contribution in [2.24, 2.45) is 0 Å². The molecule has 1 heterocycles. The minimum atomic E-state index is -0.642. The van der Waals surface area contributed by atoms with Gasteiger partial charge in [0.25, 0.3) is 11.8 Å². The highest BCUT2D eigenvalue weighted by atomic mass is 16.5. The number of carbonyl (C=O) groups excluding carboxylic acids is 4. The Kier molecular flexibility index (Phi) is 9.22. The second-order valence-corrected chi connectivity index (χ2v) is 9.03. The summed E-state index contributed by atoms with van der Waals surface area (Å²) >= 11 is 0. The first-order valence-electron chi connectivity index (χ1n) is 12.5. The number of nitrogens with zero attached hydrogens (tertiary/aromatic N) is 2. The molecule has 2 aromatic carbocycles. The predicted molar refractivity (Wildman–Crippen MR) is 137 cm³/mol. The van der Waals surface area contributed by atoms with Crippen LogP contribution in [0.25, 0.3) is 0 Å². The molecule has 192 valence electrons. The van der Waals surface area contributed by atoms with Crippen molar-refractivity contribution in [2.75, 3.05) is 13.7 Å². The largest absolute Gasteiger partial charge is 0.497 e. The maximum absolute atomic E-state index is 13.4. The van der Waals surface area contributed by atoms with E-state index in [9.17, 15) is 19.2 Å². The standard InChI is InChI=1S/C28H35N3O5/c1-5-19(3)29-26(33)24(6-2)31(18-20-11-9-12-21(17-20)36-4)25(32)15-10-16-30-27(34)22-13-7-8-14-23(22)28(30)35/h7-9,11-14,17,19,24H,5-6,10,15-16,18H2,1-4H3,(H,29,33). The first-order valence-corrected chi connectivity index (χ1v) is 12.5.